The van der Waals surface area contributed by atoms with Gasteiger partial charge in [-0.3, -0.25) is 0 Å². The molecule has 0 bridgehead atoms. The van der Waals surface area contributed by atoms with Crippen LogP contribution >= 0.6 is 34.7 Å². The van der Waals surface area contributed by atoms with Crippen LogP contribution in [0.3, 0.4) is 0 Å². The molecule has 0 amide bonds. The number of rotatable bonds is 3. The second-order valence-corrected chi connectivity index (χ2v) is 6.17. The first-order chi connectivity index (χ1) is 8.78. The van der Waals surface area contributed by atoms with Crippen LogP contribution in [0, 0.1) is 11.8 Å². The van der Waals surface area contributed by atoms with Gasteiger partial charge in [0.25, 0.3) is 0 Å². The van der Waals surface area contributed by atoms with E-state index in [1.807, 2.05) is 30.3 Å². The normalized spacial score (nSPS) is 9.89. The molecule has 2 N–H and O–H groups in total. The van der Waals surface area contributed by atoms with Gasteiger partial charge in [0.1, 0.15) is 0 Å². The Morgan fingerprint density at radius 2 is 1.94 bits per heavy atom. The summed E-state index contributed by atoms with van der Waals surface area (Å²) in [6, 6.07) is 12.1. The molecule has 0 aliphatic carbocycles. The molecular weight excluding hydrogens is 282 g/mol. The Bertz CT molecular complexity index is 563. The molecule has 2 rings (SSSR count). The molecule has 0 unspecified atom stereocenters. The van der Waals surface area contributed by atoms with Crippen LogP contribution in [0.5, 0.6) is 0 Å². The van der Waals surface area contributed by atoms with E-state index in [2.05, 4.69) is 17.9 Å². The van der Waals surface area contributed by atoms with Crippen LogP contribution < -0.4 is 5.73 Å². The number of thioether (sulfide) groups is 1. The third-order valence-electron chi connectivity index (χ3n) is 2.17. The second kappa shape index (κ2) is 6.86. The summed E-state index contributed by atoms with van der Waals surface area (Å²) in [5, 5.41) is 0.773. The highest BCUT2D eigenvalue weighted by molar-refractivity contribution is 7.98. The number of benzene rings is 1. The number of thiophene rings is 1. The number of halogens is 1. The molecule has 18 heavy (non-hydrogen) atoms. The summed E-state index contributed by atoms with van der Waals surface area (Å²) in [5.74, 6) is 6.87. The zero-order valence-electron chi connectivity index (χ0n) is 9.65. The van der Waals surface area contributed by atoms with Crippen LogP contribution in [-0.4, -0.2) is 6.54 Å². The van der Waals surface area contributed by atoms with E-state index in [0.717, 1.165) is 15.7 Å². The number of hydrogen-bond donors (Lipinski definition) is 1. The minimum absolute atomic E-state index is 0.409. The van der Waals surface area contributed by atoms with Gasteiger partial charge in [0.05, 0.1) is 11.4 Å². The van der Waals surface area contributed by atoms with E-state index in [4.69, 9.17) is 17.3 Å². The molecule has 0 fully saturated rings. The Kier molecular flexibility index (Phi) is 5.15. The summed E-state index contributed by atoms with van der Waals surface area (Å²) < 4.78 is 0. The Morgan fingerprint density at radius 1 is 1.17 bits per heavy atom. The van der Waals surface area contributed by atoms with Gasteiger partial charge in [-0.15, -0.1) is 23.1 Å². The standard InChI is InChI=1S/C14H12ClNS2/c15-11-3-5-12(6-4-11)17-10-14-8-7-13(18-14)2-1-9-16/h3-8H,9-10,16H2. The highest BCUT2D eigenvalue weighted by Crippen LogP contribution is 2.27. The first-order valence-corrected chi connectivity index (χ1v) is 7.62. The minimum atomic E-state index is 0.409. The maximum atomic E-state index is 5.85. The fourth-order valence-electron chi connectivity index (χ4n) is 1.35. The van der Waals surface area contributed by atoms with Crippen LogP contribution in [0.4, 0.5) is 0 Å². The van der Waals surface area contributed by atoms with Gasteiger partial charge in [0, 0.05) is 20.5 Å². The molecule has 92 valence electrons. The fraction of sp³-hybridized carbons (Fsp3) is 0.143. The minimum Gasteiger partial charge on any atom is -0.320 e. The molecule has 4 heteroatoms. The zero-order chi connectivity index (χ0) is 12.8. The molecule has 0 saturated heterocycles. The molecule has 1 aromatic carbocycles. The Hall–Kier alpha value is -0.920. The molecule has 0 radical (unpaired) electrons. The average molecular weight is 294 g/mol. The molecule has 1 aromatic heterocycles. The van der Waals surface area contributed by atoms with E-state index in [1.54, 1.807) is 23.1 Å². The van der Waals surface area contributed by atoms with Gasteiger partial charge in [-0.2, -0.15) is 0 Å². The largest absolute Gasteiger partial charge is 0.320 e. The van der Waals surface area contributed by atoms with E-state index in [1.165, 1.54) is 9.77 Å². The third-order valence-corrected chi connectivity index (χ3v) is 4.67. The number of hydrogen-bond acceptors (Lipinski definition) is 3. The molecule has 0 aliphatic heterocycles. The SMILES string of the molecule is NCC#Cc1ccc(CSc2ccc(Cl)cc2)s1. The molecule has 0 atom stereocenters. The summed E-state index contributed by atoms with van der Waals surface area (Å²) >= 11 is 9.37. The quantitative estimate of drug-likeness (QED) is 0.684. The summed E-state index contributed by atoms with van der Waals surface area (Å²) in [6.45, 7) is 0.409. The lowest BCUT2D eigenvalue weighted by Gasteiger charge is -1.99. The van der Waals surface area contributed by atoms with Gasteiger partial charge in [0.2, 0.25) is 0 Å². The van der Waals surface area contributed by atoms with Gasteiger partial charge >= 0.3 is 0 Å². The van der Waals surface area contributed by atoms with Crippen LogP contribution in [0.15, 0.2) is 41.3 Å². The predicted octanol–water partition coefficient (Wildman–Crippen LogP) is 4.00. The van der Waals surface area contributed by atoms with Crippen LogP contribution in [0.1, 0.15) is 9.75 Å². The van der Waals surface area contributed by atoms with Gasteiger partial charge in [-0.05, 0) is 36.4 Å². The van der Waals surface area contributed by atoms with Gasteiger partial charge < -0.3 is 5.73 Å². The van der Waals surface area contributed by atoms with Crippen molar-refractivity contribution in [3.05, 3.63) is 51.2 Å². The van der Waals surface area contributed by atoms with Crippen molar-refractivity contribution in [2.24, 2.45) is 5.73 Å². The molecular formula is C14H12ClNS2. The van der Waals surface area contributed by atoms with Gasteiger partial charge in [-0.25, -0.2) is 0 Å². The van der Waals surface area contributed by atoms with Crippen LogP contribution in [0.25, 0.3) is 0 Å². The summed E-state index contributed by atoms with van der Waals surface area (Å²) in [7, 11) is 0. The topological polar surface area (TPSA) is 26.0 Å². The van der Waals surface area contributed by atoms with Crippen molar-refractivity contribution < 1.29 is 0 Å². The predicted molar refractivity (Wildman–Crippen MR) is 81.3 cm³/mol. The van der Waals surface area contributed by atoms with Crippen molar-refractivity contribution in [3.63, 3.8) is 0 Å². The Morgan fingerprint density at radius 3 is 2.67 bits per heavy atom. The smallest absolute Gasteiger partial charge is 0.0772 e. The van der Waals surface area contributed by atoms with E-state index in [9.17, 15) is 0 Å². The van der Waals surface area contributed by atoms with Gasteiger partial charge in [-0.1, -0.05) is 23.4 Å². The lowest BCUT2D eigenvalue weighted by molar-refractivity contribution is 1.30. The van der Waals surface area contributed by atoms with Crippen molar-refractivity contribution >= 4 is 34.7 Å². The fourth-order valence-corrected chi connectivity index (χ4v) is 3.30. The zero-order valence-corrected chi connectivity index (χ0v) is 12.0. The van der Waals surface area contributed by atoms with Crippen molar-refractivity contribution in [3.8, 4) is 11.8 Å². The first kappa shape index (κ1) is 13.5. The highest BCUT2D eigenvalue weighted by Gasteiger charge is 2.00. The monoisotopic (exact) mass is 293 g/mol. The molecule has 1 nitrogen and oxygen atoms in total. The number of nitrogens with two attached hydrogens (primary N) is 1. The first-order valence-electron chi connectivity index (χ1n) is 5.44. The van der Waals surface area contributed by atoms with Crippen molar-refractivity contribution in [1.82, 2.24) is 0 Å². The Balaban J connectivity index is 1.94. The maximum Gasteiger partial charge on any atom is 0.0772 e. The highest BCUT2D eigenvalue weighted by atomic mass is 35.5. The van der Waals surface area contributed by atoms with E-state index in [0.29, 0.717) is 6.54 Å². The maximum absolute atomic E-state index is 5.85. The van der Waals surface area contributed by atoms with E-state index in [-0.39, 0.29) is 0 Å². The van der Waals surface area contributed by atoms with Gasteiger partial charge in [0.15, 0.2) is 0 Å². The lowest BCUT2D eigenvalue weighted by Crippen LogP contribution is -1.92. The third kappa shape index (κ3) is 4.08. The molecule has 0 spiro atoms. The van der Waals surface area contributed by atoms with Crippen molar-refractivity contribution in [2.75, 3.05) is 6.54 Å². The Labute approximate surface area is 120 Å². The molecule has 0 aliphatic rings. The van der Waals surface area contributed by atoms with Crippen LogP contribution in [-0.2, 0) is 5.75 Å². The second-order valence-electron chi connectivity index (χ2n) is 3.51. The summed E-state index contributed by atoms with van der Waals surface area (Å²) in [6.07, 6.45) is 0. The summed E-state index contributed by atoms with van der Waals surface area (Å²) in [5.41, 5.74) is 5.35. The summed E-state index contributed by atoms with van der Waals surface area (Å²) in [4.78, 5) is 3.62. The molecule has 2 aromatic rings. The van der Waals surface area contributed by atoms with E-state index >= 15 is 0 Å². The van der Waals surface area contributed by atoms with Crippen molar-refractivity contribution in [1.29, 1.82) is 0 Å². The molecule has 0 saturated carbocycles. The average Bonchev–Trinajstić information content (AvgIpc) is 2.84. The van der Waals surface area contributed by atoms with Crippen molar-refractivity contribution in [2.45, 2.75) is 10.6 Å². The van der Waals surface area contributed by atoms with E-state index < -0.39 is 0 Å². The molecule has 1 heterocycles. The lowest BCUT2D eigenvalue weighted by atomic mass is 10.4. The van der Waals surface area contributed by atoms with Crippen LogP contribution in [0.2, 0.25) is 5.02 Å².